The van der Waals surface area contributed by atoms with Gasteiger partial charge in [0.1, 0.15) is 0 Å². The Morgan fingerprint density at radius 3 is 2.25 bits per heavy atom. The average molecular weight is 382 g/mol. The smallest absolute Gasteiger partial charge is 0.303 e. The van der Waals surface area contributed by atoms with Gasteiger partial charge >= 0.3 is 5.97 Å². The van der Waals surface area contributed by atoms with Crippen LogP contribution in [0.5, 0.6) is 0 Å². The van der Waals surface area contributed by atoms with Crippen LogP contribution in [0.2, 0.25) is 0 Å². The van der Waals surface area contributed by atoms with Gasteiger partial charge in [-0.1, -0.05) is 55.8 Å². The molecule has 0 aliphatic rings. The first-order chi connectivity index (χ1) is 13.2. The summed E-state index contributed by atoms with van der Waals surface area (Å²) in [5.74, 6) is -1.57. The number of aliphatic carboxylic acids is 1. The summed E-state index contributed by atoms with van der Waals surface area (Å²) in [6, 6.07) is 14.6. The molecule has 0 bridgehead atoms. The molecule has 2 aromatic rings. The Morgan fingerprint density at radius 1 is 0.964 bits per heavy atom. The van der Waals surface area contributed by atoms with Crippen LogP contribution in [0.3, 0.4) is 0 Å². The van der Waals surface area contributed by atoms with Crippen LogP contribution < -0.4 is 10.6 Å². The van der Waals surface area contributed by atoms with E-state index in [-0.39, 0.29) is 24.7 Å². The Bertz CT molecular complexity index is 857. The molecule has 0 unspecified atom stereocenters. The van der Waals surface area contributed by atoms with Gasteiger partial charge in [-0.25, -0.2) is 0 Å². The highest BCUT2D eigenvalue weighted by Gasteiger charge is 2.25. The molecule has 2 rings (SSSR count). The molecule has 0 fully saturated rings. The predicted molar refractivity (Wildman–Crippen MR) is 108 cm³/mol. The highest BCUT2D eigenvalue weighted by atomic mass is 16.4. The van der Waals surface area contributed by atoms with E-state index >= 15 is 0 Å². The number of para-hydroxylation sites is 1. The van der Waals surface area contributed by atoms with Crippen molar-refractivity contribution >= 4 is 23.5 Å². The number of carboxylic acids is 1. The molecule has 6 nitrogen and oxygen atoms in total. The van der Waals surface area contributed by atoms with Crippen molar-refractivity contribution in [2.24, 2.45) is 5.41 Å². The fourth-order valence-electron chi connectivity index (χ4n) is 2.87. The maximum atomic E-state index is 12.6. The van der Waals surface area contributed by atoms with Crippen molar-refractivity contribution in [2.75, 3.05) is 5.32 Å². The molecule has 6 heteroatoms. The lowest BCUT2D eigenvalue weighted by Gasteiger charge is -2.22. The number of rotatable bonds is 8. The van der Waals surface area contributed by atoms with Crippen molar-refractivity contribution in [2.45, 2.75) is 40.2 Å². The molecule has 0 saturated carbocycles. The van der Waals surface area contributed by atoms with E-state index in [1.54, 1.807) is 38.1 Å². The molecule has 3 N–H and O–H groups in total. The fourth-order valence-corrected chi connectivity index (χ4v) is 2.87. The van der Waals surface area contributed by atoms with E-state index in [9.17, 15) is 14.4 Å². The van der Waals surface area contributed by atoms with Crippen LogP contribution in [-0.2, 0) is 16.1 Å². The van der Waals surface area contributed by atoms with Crippen LogP contribution in [0.25, 0.3) is 0 Å². The van der Waals surface area contributed by atoms with Crippen LogP contribution >= 0.6 is 0 Å². The van der Waals surface area contributed by atoms with Crippen LogP contribution in [0, 0.1) is 12.3 Å². The van der Waals surface area contributed by atoms with Gasteiger partial charge in [-0.15, -0.1) is 0 Å². The molecule has 0 aliphatic heterocycles. The summed E-state index contributed by atoms with van der Waals surface area (Å²) in [5.41, 5.74) is 2.21. The lowest BCUT2D eigenvalue weighted by molar-refractivity contribution is -0.139. The minimum atomic E-state index is -0.950. The van der Waals surface area contributed by atoms with Crippen molar-refractivity contribution in [3.05, 3.63) is 65.2 Å². The number of anilines is 1. The van der Waals surface area contributed by atoms with Crippen LogP contribution in [0.15, 0.2) is 48.5 Å². The standard InChI is InChI=1S/C22H26N2O4/c1-15-8-10-16(11-9-15)14-23-21(28)17-6-4-5-7-18(17)24-19(25)12-22(2,3)13-20(26)27/h4-11H,12-14H2,1-3H3,(H,23,28)(H,24,25)(H,26,27). The van der Waals surface area contributed by atoms with Crippen LogP contribution in [0.1, 0.15) is 48.2 Å². The molecule has 0 heterocycles. The fraction of sp³-hybridized carbons (Fsp3) is 0.318. The number of amides is 2. The third kappa shape index (κ3) is 6.54. The normalized spacial score (nSPS) is 11.0. The van der Waals surface area contributed by atoms with Gasteiger partial charge in [0.05, 0.1) is 17.7 Å². The summed E-state index contributed by atoms with van der Waals surface area (Å²) in [6.07, 6.45) is -0.0717. The van der Waals surface area contributed by atoms with Gasteiger partial charge in [0.2, 0.25) is 5.91 Å². The highest BCUT2D eigenvalue weighted by molar-refractivity contribution is 6.03. The van der Waals surface area contributed by atoms with E-state index in [0.717, 1.165) is 11.1 Å². The molecule has 0 saturated heterocycles. The first kappa shape index (κ1) is 21.2. The molecule has 0 aliphatic carbocycles. The summed E-state index contributed by atoms with van der Waals surface area (Å²) in [5, 5.41) is 14.5. The summed E-state index contributed by atoms with van der Waals surface area (Å²) in [4.78, 5) is 35.9. The summed E-state index contributed by atoms with van der Waals surface area (Å²) >= 11 is 0. The zero-order valence-electron chi connectivity index (χ0n) is 16.4. The lowest BCUT2D eigenvalue weighted by atomic mass is 9.85. The zero-order chi connectivity index (χ0) is 20.7. The minimum Gasteiger partial charge on any atom is -0.481 e. The highest BCUT2D eigenvalue weighted by Crippen LogP contribution is 2.26. The molecule has 0 atom stereocenters. The summed E-state index contributed by atoms with van der Waals surface area (Å²) in [6.45, 7) is 5.83. The number of hydrogen-bond donors (Lipinski definition) is 3. The molecule has 2 amide bonds. The maximum absolute atomic E-state index is 12.6. The Kier molecular flexibility index (Phi) is 6.93. The van der Waals surface area contributed by atoms with E-state index < -0.39 is 11.4 Å². The second-order valence-electron chi connectivity index (χ2n) is 7.67. The maximum Gasteiger partial charge on any atom is 0.303 e. The SMILES string of the molecule is Cc1ccc(CNC(=O)c2ccccc2NC(=O)CC(C)(C)CC(=O)O)cc1. The van der Waals surface area contributed by atoms with E-state index in [1.807, 2.05) is 31.2 Å². The third-order valence-electron chi connectivity index (χ3n) is 4.29. The van der Waals surface area contributed by atoms with Crippen molar-refractivity contribution < 1.29 is 19.5 Å². The van der Waals surface area contributed by atoms with Gasteiger partial charge in [-0.2, -0.15) is 0 Å². The first-order valence-electron chi connectivity index (χ1n) is 9.11. The average Bonchev–Trinajstić information content (AvgIpc) is 2.59. The molecular weight excluding hydrogens is 356 g/mol. The Hall–Kier alpha value is -3.15. The topological polar surface area (TPSA) is 95.5 Å². The van der Waals surface area contributed by atoms with E-state index in [1.165, 1.54) is 0 Å². The van der Waals surface area contributed by atoms with Crippen LogP contribution in [-0.4, -0.2) is 22.9 Å². The Balaban J connectivity index is 2.03. The first-order valence-corrected chi connectivity index (χ1v) is 9.11. The van der Waals surface area contributed by atoms with E-state index in [0.29, 0.717) is 17.8 Å². The Labute approximate surface area is 165 Å². The molecule has 148 valence electrons. The number of aryl methyl sites for hydroxylation is 1. The number of hydrogen-bond acceptors (Lipinski definition) is 3. The molecule has 0 radical (unpaired) electrons. The zero-order valence-corrected chi connectivity index (χ0v) is 16.4. The van der Waals surface area contributed by atoms with Gasteiger partial charge in [0.25, 0.3) is 5.91 Å². The second-order valence-corrected chi connectivity index (χ2v) is 7.67. The largest absolute Gasteiger partial charge is 0.481 e. The number of carbonyl (C=O) groups is 3. The monoisotopic (exact) mass is 382 g/mol. The number of benzene rings is 2. The van der Waals surface area contributed by atoms with Gasteiger partial charge in [-0.3, -0.25) is 14.4 Å². The third-order valence-corrected chi connectivity index (χ3v) is 4.29. The van der Waals surface area contributed by atoms with Crippen molar-refractivity contribution in [1.29, 1.82) is 0 Å². The number of nitrogens with one attached hydrogen (secondary N) is 2. The van der Waals surface area contributed by atoms with Crippen molar-refractivity contribution in [1.82, 2.24) is 5.32 Å². The quantitative estimate of drug-likeness (QED) is 0.648. The minimum absolute atomic E-state index is 0.0403. The van der Waals surface area contributed by atoms with Crippen molar-refractivity contribution in [3.63, 3.8) is 0 Å². The van der Waals surface area contributed by atoms with Gasteiger partial charge in [-0.05, 0) is 30.0 Å². The number of carboxylic acid groups (broad SMARTS) is 1. The predicted octanol–water partition coefficient (Wildman–Crippen LogP) is 3.75. The van der Waals surface area contributed by atoms with Gasteiger partial charge in [0, 0.05) is 13.0 Å². The number of carbonyl (C=O) groups excluding carboxylic acids is 2. The molecule has 2 aromatic carbocycles. The molecule has 28 heavy (non-hydrogen) atoms. The summed E-state index contributed by atoms with van der Waals surface area (Å²) in [7, 11) is 0. The Morgan fingerprint density at radius 2 is 1.61 bits per heavy atom. The van der Waals surface area contributed by atoms with Crippen molar-refractivity contribution in [3.8, 4) is 0 Å². The lowest BCUT2D eigenvalue weighted by Crippen LogP contribution is -2.27. The van der Waals surface area contributed by atoms with Gasteiger partial charge in [0.15, 0.2) is 0 Å². The van der Waals surface area contributed by atoms with Crippen LogP contribution in [0.4, 0.5) is 5.69 Å². The molecule has 0 spiro atoms. The molecule has 0 aromatic heterocycles. The molecular formula is C22H26N2O4. The van der Waals surface area contributed by atoms with Gasteiger partial charge < -0.3 is 15.7 Å². The van der Waals surface area contributed by atoms with E-state index in [2.05, 4.69) is 10.6 Å². The summed E-state index contributed by atoms with van der Waals surface area (Å²) < 4.78 is 0. The second kappa shape index (κ2) is 9.17. The van der Waals surface area contributed by atoms with E-state index in [4.69, 9.17) is 5.11 Å².